The van der Waals surface area contributed by atoms with Gasteiger partial charge in [-0.05, 0) is 38.1 Å². The van der Waals surface area contributed by atoms with Gasteiger partial charge in [0.1, 0.15) is 5.82 Å². The van der Waals surface area contributed by atoms with Gasteiger partial charge in [-0.1, -0.05) is 24.3 Å². The van der Waals surface area contributed by atoms with Gasteiger partial charge in [0.15, 0.2) is 5.57 Å². The van der Waals surface area contributed by atoms with Gasteiger partial charge in [-0.2, -0.15) is 0 Å². The highest BCUT2D eigenvalue weighted by molar-refractivity contribution is 6.14. The number of nitrogens with one attached hydrogen (secondary N) is 2. The molecule has 3 rings (SSSR count). The van der Waals surface area contributed by atoms with Crippen LogP contribution in [-0.2, 0) is 19.1 Å². The molecule has 0 spiro atoms. The number of nitrogens with zero attached hydrogens (tertiary/aromatic N) is 1. The van der Waals surface area contributed by atoms with Crippen LogP contribution in [0.15, 0.2) is 60.3 Å². The number of rotatable bonds is 7. The first-order chi connectivity index (χ1) is 13.6. The summed E-state index contributed by atoms with van der Waals surface area (Å²) < 4.78 is 9.85. The second-order valence-electron chi connectivity index (χ2n) is 5.83. The summed E-state index contributed by atoms with van der Waals surface area (Å²) in [5.41, 5.74) is 3.18. The van der Waals surface area contributed by atoms with Crippen molar-refractivity contribution in [3.05, 3.63) is 60.3 Å². The molecule has 28 heavy (non-hydrogen) atoms. The Labute approximate surface area is 162 Å². The number of aromatic nitrogens is 2. The number of aromatic amines is 1. The maximum absolute atomic E-state index is 12.0. The van der Waals surface area contributed by atoms with Gasteiger partial charge in [0, 0.05) is 17.5 Å². The highest BCUT2D eigenvalue weighted by Crippen LogP contribution is 2.23. The Hall–Kier alpha value is -3.61. The number of benzene rings is 2. The Morgan fingerprint density at radius 1 is 1.04 bits per heavy atom. The highest BCUT2D eigenvalue weighted by atomic mass is 16.6. The molecule has 0 bridgehead atoms. The number of H-pyrrole nitrogens is 1. The number of hydrogen-bond acceptors (Lipinski definition) is 6. The zero-order valence-electron chi connectivity index (χ0n) is 15.7. The minimum atomic E-state index is -0.734. The standard InChI is InChI=1S/C21H21N3O4/c1-3-27-20(25)16(21(26)28-4-2)13-22-15-9-7-8-14(12-15)19-23-17-10-5-6-11-18(17)24-19/h5-13,22H,3-4H2,1-2H3,(H,23,24). The van der Waals surface area contributed by atoms with Gasteiger partial charge in [-0.3, -0.25) is 0 Å². The molecule has 0 fully saturated rings. The van der Waals surface area contributed by atoms with Crippen molar-refractivity contribution in [3.63, 3.8) is 0 Å². The summed E-state index contributed by atoms with van der Waals surface area (Å²) in [6.07, 6.45) is 1.30. The zero-order valence-corrected chi connectivity index (χ0v) is 15.7. The van der Waals surface area contributed by atoms with Crippen LogP contribution in [0.1, 0.15) is 13.8 Å². The summed E-state index contributed by atoms with van der Waals surface area (Å²) in [4.78, 5) is 31.9. The lowest BCUT2D eigenvalue weighted by atomic mass is 10.2. The summed E-state index contributed by atoms with van der Waals surface area (Å²) in [6.45, 7) is 3.67. The molecule has 7 nitrogen and oxygen atoms in total. The summed E-state index contributed by atoms with van der Waals surface area (Å²) in [5, 5.41) is 2.96. The normalized spacial score (nSPS) is 10.4. The van der Waals surface area contributed by atoms with Gasteiger partial charge in [0.2, 0.25) is 0 Å². The molecule has 0 amide bonds. The maximum Gasteiger partial charge on any atom is 0.347 e. The quantitative estimate of drug-likeness (QED) is 0.282. The third kappa shape index (κ3) is 4.37. The molecule has 0 aliphatic rings. The first-order valence-corrected chi connectivity index (χ1v) is 8.98. The number of ether oxygens (including phenoxy) is 2. The smallest absolute Gasteiger partial charge is 0.347 e. The predicted octanol–water partition coefficient (Wildman–Crippen LogP) is 3.65. The Morgan fingerprint density at radius 2 is 1.75 bits per heavy atom. The third-order valence-electron chi connectivity index (χ3n) is 3.90. The van der Waals surface area contributed by atoms with Crippen LogP contribution in [0.4, 0.5) is 5.69 Å². The van der Waals surface area contributed by atoms with Crippen LogP contribution in [0, 0.1) is 0 Å². The van der Waals surface area contributed by atoms with Gasteiger partial charge in [-0.15, -0.1) is 0 Å². The SMILES string of the molecule is CCOC(=O)C(=CNc1cccc(-c2nc3ccccc3[nH]2)c1)C(=O)OCC. The van der Waals surface area contributed by atoms with Crippen LogP contribution in [0.2, 0.25) is 0 Å². The summed E-state index contributed by atoms with van der Waals surface area (Å²) in [5.74, 6) is -0.742. The molecule has 3 aromatic rings. The van der Waals surface area contributed by atoms with E-state index in [0.29, 0.717) is 5.69 Å². The minimum absolute atomic E-state index is 0.164. The van der Waals surface area contributed by atoms with Crippen molar-refractivity contribution in [1.29, 1.82) is 0 Å². The van der Waals surface area contributed by atoms with Crippen LogP contribution < -0.4 is 5.32 Å². The lowest BCUT2D eigenvalue weighted by Crippen LogP contribution is -2.19. The number of hydrogen-bond donors (Lipinski definition) is 2. The van der Waals surface area contributed by atoms with E-state index in [-0.39, 0.29) is 18.8 Å². The van der Waals surface area contributed by atoms with Crippen molar-refractivity contribution < 1.29 is 19.1 Å². The Bertz CT molecular complexity index is 970. The second kappa shape index (κ2) is 8.85. The number of fused-ring (bicyclic) bond motifs is 1. The molecule has 0 aliphatic carbocycles. The van der Waals surface area contributed by atoms with Crippen molar-refractivity contribution in [3.8, 4) is 11.4 Å². The molecule has 0 saturated heterocycles. The molecular formula is C21H21N3O4. The molecule has 0 unspecified atom stereocenters. The summed E-state index contributed by atoms with van der Waals surface area (Å²) in [6, 6.07) is 15.2. The fourth-order valence-corrected chi connectivity index (χ4v) is 2.62. The van der Waals surface area contributed by atoms with Gasteiger partial charge in [0.05, 0.1) is 24.2 Å². The number of carbonyl (C=O) groups excluding carboxylic acids is 2. The Balaban J connectivity index is 1.85. The van der Waals surface area contributed by atoms with E-state index in [1.807, 2.05) is 48.5 Å². The number of carbonyl (C=O) groups is 2. The lowest BCUT2D eigenvalue weighted by Gasteiger charge is -2.08. The molecule has 2 aromatic carbocycles. The molecule has 0 saturated carbocycles. The van der Waals surface area contributed by atoms with E-state index < -0.39 is 11.9 Å². The van der Waals surface area contributed by atoms with Crippen molar-refractivity contribution in [1.82, 2.24) is 9.97 Å². The molecular weight excluding hydrogens is 358 g/mol. The van der Waals surface area contributed by atoms with Crippen LogP contribution in [0.3, 0.4) is 0 Å². The number of esters is 2. The molecule has 7 heteroatoms. The largest absolute Gasteiger partial charge is 0.462 e. The van der Waals surface area contributed by atoms with Crippen LogP contribution >= 0.6 is 0 Å². The van der Waals surface area contributed by atoms with Crippen LogP contribution in [0.25, 0.3) is 22.4 Å². The molecule has 144 valence electrons. The van der Waals surface area contributed by atoms with Crippen LogP contribution in [0.5, 0.6) is 0 Å². The average molecular weight is 379 g/mol. The first kappa shape index (κ1) is 19.2. The second-order valence-corrected chi connectivity index (χ2v) is 5.83. The van der Waals surface area contributed by atoms with Crippen molar-refractivity contribution >= 4 is 28.7 Å². The van der Waals surface area contributed by atoms with Crippen molar-refractivity contribution in [2.24, 2.45) is 0 Å². The van der Waals surface area contributed by atoms with E-state index in [1.54, 1.807) is 13.8 Å². The van der Waals surface area contributed by atoms with E-state index in [4.69, 9.17) is 9.47 Å². The fraction of sp³-hybridized carbons (Fsp3) is 0.190. The van der Waals surface area contributed by atoms with Crippen molar-refractivity contribution in [2.45, 2.75) is 13.8 Å². The first-order valence-electron chi connectivity index (χ1n) is 8.98. The highest BCUT2D eigenvalue weighted by Gasteiger charge is 2.20. The molecule has 0 aliphatic heterocycles. The Morgan fingerprint density at radius 3 is 2.43 bits per heavy atom. The molecule has 1 aromatic heterocycles. The summed E-state index contributed by atoms with van der Waals surface area (Å²) in [7, 11) is 0. The average Bonchev–Trinajstić information content (AvgIpc) is 3.13. The van der Waals surface area contributed by atoms with Gasteiger partial charge in [-0.25, -0.2) is 14.6 Å². The minimum Gasteiger partial charge on any atom is -0.462 e. The fourth-order valence-electron chi connectivity index (χ4n) is 2.62. The third-order valence-corrected chi connectivity index (χ3v) is 3.90. The van der Waals surface area contributed by atoms with Crippen molar-refractivity contribution in [2.75, 3.05) is 18.5 Å². The molecule has 1 heterocycles. The number of para-hydroxylation sites is 2. The monoisotopic (exact) mass is 379 g/mol. The van der Waals surface area contributed by atoms with E-state index in [1.165, 1.54) is 6.20 Å². The van der Waals surface area contributed by atoms with Gasteiger partial charge >= 0.3 is 11.9 Å². The van der Waals surface area contributed by atoms with E-state index in [9.17, 15) is 9.59 Å². The molecule has 2 N–H and O–H groups in total. The van der Waals surface area contributed by atoms with E-state index in [0.717, 1.165) is 22.4 Å². The van der Waals surface area contributed by atoms with Crippen LogP contribution in [-0.4, -0.2) is 35.1 Å². The van der Waals surface area contributed by atoms with Gasteiger partial charge < -0.3 is 19.8 Å². The summed E-state index contributed by atoms with van der Waals surface area (Å²) >= 11 is 0. The topological polar surface area (TPSA) is 93.3 Å². The van der Waals surface area contributed by atoms with Gasteiger partial charge in [0.25, 0.3) is 0 Å². The number of anilines is 1. The molecule has 0 radical (unpaired) electrons. The maximum atomic E-state index is 12.0. The molecule has 0 atom stereocenters. The van der Waals surface area contributed by atoms with E-state index >= 15 is 0 Å². The Kier molecular flexibility index (Phi) is 6.06. The van der Waals surface area contributed by atoms with E-state index in [2.05, 4.69) is 15.3 Å². The zero-order chi connectivity index (χ0) is 19.9. The predicted molar refractivity (Wildman–Crippen MR) is 107 cm³/mol. The number of imidazole rings is 1. The lowest BCUT2D eigenvalue weighted by molar-refractivity contribution is -0.146.